The highest BCUT2D eigenvalue weighted by molar-refractivity contribution is 5.29. The van der Waals surface area contributed by atoms with Gasteiger partial charge in [-0.05, 0) is 30.2 Å². The molecule has 0 aliphatic heterocycles. The summed E-state index contributed by atoms with van der Waals surface area (Å²) in [6, 6.07) is 6.10. The van der Waals surface area contributed by atoms with Crippen molar-refractivity contribution in [3.05, 3.63) is 42.0 Å². The third-order valence-corrected chi connectivity index (χ3v) is 2.16. The number of aromatic nitrogens is 3. The maximum atomic E-state index is 12.7. The summed E-state index contributed by atoms with van der Waals surface area (Å²) in [4.78, 5) is 1.51. The van der Waals surface area contributed by atoms with Crippen LogP contribution in [0.3, 0.4) is 0 Å². The van der Waals surface area contributed by atoms with Gasteiger partial charge in [-0.15, -0.1) is 0 Å². The Kier molecular flexibility index (Phi) is 2.49. The Hall–Kier alpha value is -1.71. The molecule has 2 rings (SSSR count). The van der Waals surface area contributed by atoms with Gasteiger partial charge in [0.1, 0.15) is 5.82 Å². The van der Waals surface area contributed by atoms with Crippen LogP contribution in [-0.4, -0.2) is 15.0 Å². The molecule has 4 heteroatoms. The fraction of sp³-hybridized carbons (Fsp3) is 0.273. The van der Waals surface area contributed by atoms with E-state index in [0.29, 0.717) is 5.92 Å². The van der Waals surface area contributed by atoms with Crippen molar-refractivity contribution < 1.29 is 4.39 Å². The summed E-state index contributed by atoms with van der Waals surface area (Å²) in [6.07, 6.45) is 1.73. The number of hydrogen-bond acceptors (Lipinski definition) is 2. The quantitative estimate of drug-likeness (QED) is 0.754. The molecule has 0 N–H and O–H groups in total. The van der Waals surface area contributed by atoms with Crippen molar-refractivity contribution >= 4 is 0 Å². The van der Waals surface area contributed by atoms with Gasteiger partial charge in [0.15, 0.2) is 0 Å². The molecule has 0 spiro atoms. The highest BCUT2D eigenvalue weighted by atomic mass is 19.1. The Morgan fingerprint density at radius 1 is 1.20 bits per heavy atom. The van der Waals surface area contributed by atoms with Gasteiger partial charge in [0.2, 0.25) is 0 Å². The lowest BCUT2D eigenvalue weighted by molar-refractivity contribution is 0.625. The average Bonchev–Trinajstić information content (AvgIpc) is 2.68. The van der Waals surface area contributed by atoms with Gasteiger partial charge in [-0.3, -0.25) is 0 Å². The minimum absolute atomic E-state index is 0.255. The van der Waals surface area contributed by atoms with Crippen molar-refractivity contribution in [1.29, 1.82) is 0 Å². The third-order valence-electron chi connectivity index (χ3n) is 2.16. The molecule has 3 nitrogen and oxygen atoms in total. The van der Waals surface area contributed by atoms with Crippen molar-refractivity contribution in [2.24, 2.45) is 0 Å². The van der Waals surface area contributed by atoms with E-state index in [2.05, 4.69) is 24.0 Å². The SMILES string of the molecule is CC(C)c1cnn(-c2ccc(F)cc2)n1. The summed E-state index contributed by atoms with van der Waals surface area (Å²) >= 11 is 0. The molecule has 1 aromatic heterocycles. The van der Waals surface area contributed by atoms with Crippen LogP contribution in [0.4, 0.5) is 4.39 Å². The van der Waals surface area contributed by atoms with Crippen LogP contribution < -0.4 is 0 Å². The van der Waals surface area contributed by atoms with Crippen molar-refractivity contribution in [2.45, 2.75) is 19.8 Å². The minimum Gasteiger partial charge on any atom is -0.207 e. The van der Waals surface area contributed by atoms with E-state index in [0.717, 1.165) is 11.4 Å². The lowest BCUT2D eigenvalue weighted by Crippen LogP contribution is -1.99. The van der Waals surface area contributed by atoms with E-state index in [-0.39, 0.29) is 5.82 Å². The van der Waals surface area contributed by atoms with Gasteiger partial charge in [0.25, 0.3) is 0 Å². The number of hydrogen-bond donors (Lipinski definition) is 0. The maximum Gasteiger partial charge on any atom is 0.123 e. The molecule has 15 heavy (non-hydrogen) atoms. The van der Waals surface area contributed by atoms with E-state index in [9.17, 15) is 4.39 Å². The molecule has 0 atom stereocenters. The second-order valence-electron chi connectivity index (χ2n) is 3.69. The van der Waals surface area contributed by atoms with E-state index in [4.69, 9.17) is 0 Å². The summed E-state index contributed by atoms with van der Waals surface area (Å²) in [5, 5.41) is 8.41. The van der Waals surface area contributed by atoms with Crippen LogP contribution in [0.5, 0.6) is 0 Å². The van der Waals surface area contributed by atoms with Crippen molar-refractivity contribution in [2.75, 3.05) is 0 Å². The van der Waals surface area contributed by atoms with Crippen LogP contribution in [0.25, 0.3) is 5.69 Å². The first-order valence-corrected chi connectivity index (χ1v) is 4.85. The summed E-state index contributed by atoms with van der Waals surface area (Å²) in [6.45, 7) is 4.11. The zero-order valence-corrected chi connectivity index (χ0v) is 8.68. The Morgan fingerprint density at radius 3 is 2.40 bits per heavy atom. The largest absolute Gasteiger partial charge is 0.207 e. The van der Waals surface area contributed by atoms with E-state index in [1.54, 1.807) is 18.3 Å². The molecule has 1 heterocycles. The summed E-state index contributed by atoms with van der Waals surface area (Å²) in [5.41, 5.74) is 1.70. The van der Waals surface area contributed by atoms with E-state index < -0.39 is 0 Å². The maximum absolute atomic E-state index is 12.7. The Labute approximate surface area is 87.5 Å². The fourth-order valence-corrected chi connectivity index (χ4v) is 1.24. The van der Waals surface area contributed by atoms with Crippen LogP contribution in [0, 0.1) is 5.82 Å². The molecular formula is C11H12FN3. The van der Waals surface area contributed by atoms with Gasteiger partial charge in [0, 0.05) is 0 Å². The van der Waals surface area contributed by atoms with Crippen LogP contribution in [-0.2, 0) is 0 Å². The molecule has 0 radical (unpaired) electrons. The van der Waals surface area contributed by atoms with Gasteiger partial charge < -0.3 is 0 Å². The van der Waals surface area contributed by atoms with E-state index in [1.807, 2.05) is 0 Å². The molecule has 0 bridgehead atoms. The molecule has 1 aromatic carbocycles. The molecule has 78 valence electrons. The van der Waals surface area contributed by atoms with Gasteiger partial charge >= 0.3 is 0 Å². The van der Waals surface area contributed by atoms with Crippen molar-refractivity contribution in [1.82, 2.24) is 15.0 Å². The normalized spacial score (nSPS) is 10.9. The third kappa shape index (κ3) is 2.03. The topological polar surface area (TPSA) is 30.7 Å². The smallest absolute Gasteiger partial charge is 0.123 e. The Morgan fingerprint density at radius 2 is 1.87 bits per heavy atom. The zero-order valence-electron chi connectivity index (χ0n) is 8.68. The molecule has 2 aromatic rings. The van der Waals surface area contributed by atoms with Gasteiger partial charge in [-0.1, -0.05) is 13.8 Å². The standard InChI is InChI=1S/C11H12FN3/c1-8(2)11-7-13-15(14-11)10-5-3-9(12)4-6-10/h3-8H,1-2H3. The molecular weight excluding hydrogens is 193 g/mol. The van der Waals surface area contributed by atoms with E-state index >= 15 is 0 Å². The van der Waals surface area contributed by atoms with Crippen LogP contribution in [0.2, 0.25) is 0 Å². The van der Waals surface area contributed by atoms with E-state index in [1.165, 1.54) is 16.9 Å². The predicted octanol–water partition coefficient (Wildman–Crippen LogP) is 2.53. The molecule has 0 unspecified atom stereocenters. The molecule has 0 saturated carbocycles. The van der Waals surface area contributed by atoms with Crippen molar-refractivity contribution in [3.8, 4) is 5.69 Å². The van der Waals surface area contributed by atoms with Gasteiger partial charge in [-0.2, -0.15) is 15.0 Å². The Balaban J connectivity index is 2.33. The highest BCUT2D eigenvalue weighted by Gasteiger charge is 2.05. The minimum atomic E-state index is -0.255. The first-order chi connectivity index (χ1) is 7.16. The number of halogens is 1. The number of nitrogens with zero attached hydrogens (tertiary/aromatic N) is 3. The first kappa shape index (κ1) is 9.83. The monoisotopic (exact) mass is 205 g/mol. The molecule has 0 saturated heterocycles. The average molecular weight is 205 g/mol. The van der Waals surface area contributed by atoms with Gasteiger partial charge in [0.05, 0.1) is 17.6 Å². The molecule has 0 aliphatic rings. The predicted molar refractivity (Wildman–Crippen MR) is 55.4 cm³/mol. The number of benzene rings is 1. The zero-order chi connectivity index (χ0) is 10.8. The van der Waals surface area contributed by atoms with Crippen LogP contribution in [0.1, 0.15) is 25.5 Å². The summed E-state index contributed by atoms with van der Waals surface area (Å²) < 4.78 is 12.7. The molecule has 0 amide bonds. The Bertz CT molecular complexity index is 445. The second kappa shape index (κ2) is 3.81. The fourth-order valence-electron chi connectivity index (χ4n) is 1.24. The lowest BCUT2D eigenvalue weighted by atomic mass is 10.2. The summed E-state index contributed by atoms with van der Waals surface area (Å²) in [5.74, 6) is 0.0918. The highest BCUT2D eigenvalue weighted by Crippen LogP contribution is 2.12. The lowest BCUT2D eigenvalue weighted by Gasteiger charge is -1.99. The van der Waals surface area contributed by atoms with Crippen molar-refractivity contribution in [3.63, 3.8) is 0 Å². The molecule has 0 aliphatic carbocycles. The summed E-state index contributed by atoms with van der Waals surface area (Å²) in [7, 11) is 0. The molecule has 0 fully saturated rings. The van der Waals surface area contributed by atoms with Gasteiger partial charge in [-0.25, -0.2) is 4.39 Å². The van der Waals surface area contributed by atoms with Crippen LogP contribution in [0.15, 0.2) is 30.5 Å². The second-order valence-corrected chi connectivity index (χ2v) is 3.69. The van der Waals surface area contributed by atoms with Crippen LogP contribution >= 0.6 is 0 Å². The number of rotatable bonds is 2. The first-order valence-electron chi connectivity index (χ1n) is 4.85.